The van der Waals surface area contributed by atoms with Crippen molar-refractivity contribution in [2.24, 2.45) is 5.73 Å². The van der Waals surface area contributed by atoms with E-state index in [9.17, 15) is 5.11 Å². The molecule has 2 atom stereocenters. The Kier molecular flexibility index (Phi) is 2.53. The van der Waals surface area contributed by atoms with Crippen LogP contribution in [0.15, 0.2) is 22.7 Å². The maximum atomic E-state index is 9.98. The van der Waals surface area contributed by atoms with Gasteiger partial charge in [-0.05, 0) is 32.0 Å². The second-order valence-electron chi connectivity index (χ2n) is 4.36. The van der Waals surface area contributed by atoms with E-state index >= 15 is 0 Å². The van der Waals surface area contributed by atoms with E-state index in [1.54, 1.807) is 0 Å². The predicted molar refractivity (Wildman–Crippen MR) is 61.8 cm³/mol. The number of benzene rings is 1. The van der Waals surface area contributed by atoms with Gasteiger partial charge in [0.25, 0.3) is 0 Å². The molecule has 0 saturated carbocycles. The van der Waals surface area contributed by atoms with Crippen LogP contribution in [0.1, 0.15) is 25.5 Å². The number of ether oxygens (including phenoxy) is 1. The van der Waals surface area contributed by atoms with E-state index in [1.165, 1.54) is 0 Å². The van der Waals surface area contributed by atoms with E-state index in [2.05, 4.69) is 15.9 Å². The Morgan fingerprint density at radius 3 is 2.80 bits per heavy atom. The van der Waals surface area contributed by atoms with Crippen LogP contribution in [0.25, 0.3) is 0 Å². The Bertz CT molecular complexity index is 392. The molecule has 2 rings (SSSR count). The number of halogens is 1. The second-order valence-corrected chi connectivity index (χ2v) is 5.27. The van der Waals surface area contributed by atoms with Crippen LogP contribution in [-0.4, -0.2) is 16.8 Å². The van der Waals surface area contributed by atoms with Gasteiger partial charge in [0, 0.05) is 10.0 Å². The first-order valence-corrected chi connectivity index (χ1v) is 5.63. The van der Waals surface area contributed by atoms with Crippen LogP contribution in [0.5, 0.6) is 5.75 Å². The van der Waals surface area contributed by atoms with E-state index in [0.717, 1.165) is 15.8 Å². The van der Waals surface area contributed by atoms with Gasteiger partial charge in [-0.1, -0.05) is 15.9 Å². The first kappa shape index (κ1) is 10.9. The molecule has 3 N–H and O–H groups in total. The summed E-state index contributed by atoms with van der Waals surface area (Å²) in [5, 5.41) is 9.98. The fourth-order valence-electron chi connectivity index (χ4n) is 1.82. The highest BCUT2D eigenvalue weighted by molar-refractivity contribution is 9.10. The van der Waals surface area contributed by atoms with E-state index in [-0.39, 0.29) is 0 Å². The van der Waals surface area contributed by atoms with Gasteiger partial charge < -0.3 is 15.6 Å². The van der Waals surface area contributed by atoms with Gasteiger partial charge in [0.05, 0.1) is 6.04 Å². The molecule has 0 bridgehead atoms. The quantitative estimate of drug-likeness (QED) is 0.759. The molecule has 1 aliphatic rings. The van der Waals surface area contributed by atoms with E-state index < -0.39 is 17.7 Å². The van der Waals surface area contributed by atoms with Crippen molar-refractivity contribution in [3.8, 4) is 5.75 Å². The highest BCUT2D eigenvalue weighted by Gasteiger charge is 2.41. The lowest BCUT2D eigenvalue weighted by atomic mass is 9.87. The minimum absolute atomic E-state index is 0.402. The molecule has 3 nitrogen and oxygen atoms in total. The summed E-state index contributed by atoms with van der Waals surface area (Å²) in [5.74, 6) is 0.751. The van der Waals surface area contributed by atoms with Gasteiger partial charge in [-0.15, -0.1) is 0 Å². The third-order valence-electron chi connectivity index (χ3n) is 2.76. The largest absolute Gasteiger partial charge is 0.485 e. The second kappa shape index (κ2) is 3.47. The molecular weight excluding hydrogens is 258 g/mol. The molecule has 2 unspecified atom stereocenters. The van der Waals surface area contributed by atoms with E-state index in [4.69, 9.17) is 10.5 Å². The van der Waals surface area contributed by atoms with Gasteiger partial charge in [0.15, 0.2) is 0 Å². The Morgan fingerprint density at radius 1 is 1.47 bits per heavy atom. The number of hydrogen-bond donors (Lipinski definition) is 2. The Labute approximate surface area is 97.4 Å². The summed E-state index contributed by atoms with van der Waals surface area (Å²) in [6.07, 6.45) is -0.695. The van der Waals surface area contributed by atoms with Crippen molar-refractivity contribution in [2.75, 3.05) is 0 Å². The summed E-state index contributed by atoms with van der Waals surface area (Å²) in [6.45, 7) is 3.67. The number of nitrogens with two attached hydrogens (primary N) is 1. The van der Waals surface area contributed by atoms with Gasteiger partial charge >= 0.3 is 0 Å². The van der Waals surface area contributed by atoms with Crippen molar-refractivity contribution in [1.29, 1.82) is 0 Å². The molecule has 1 aromatic rings. The monoisotopic (exact) mass is 271 g/mol. The van der Waals surface area contributed by atoms with E-state index in [1.807, 2.05) is 32.0 Å². The van der Waals surface area contributed by atoms with Crippen molar-refractivity contribution in [3.05, 3.63) is 28.2 Å². The molecule has 4 heteroatoms. The summed E-state index contributed by atoms with van der Waals surface area (Å²) < 4.78 is 6.64. The topological polar surface area (TPSA) is 55.5 Å². The number of rotatable bonds is 0. The van der Waals surface area contributed by atoms with E-state index in [0.29, 0.717) is 0 Å². The molecule has 0 amide bonds. The smallest absolute Gasteiger partial charge is 0.131 e. The average molecular weight is 272 g/mol. The van der Waals surface area contributed by atoms with Crippen molar-refractivity contribution in [2.45, 2.75) is 31.6 Å². The summed E-state index contributed by atoms with van der Waals surface area (Å²) >= 11 is 3.37. The van der Waals surface area contributed by atoms with Crippen molar-refractivity contribution in [1.82, 2.24) is 0 Å². The summed E-state index contributed by atoms with van der Waals surface area (Å²) in [7, 11) is 0. The summed E-state index contributed by atoms with van der Waals surface area (Å²) in [6, 6.07) is 5.26. The first-order chi connectivity index (χ1) is 6.92. The number of hydrogen-bond acceptors (Lipinski definition) is 3. The van der Waals surface area contributed by atoms with Gasteiger partial charge in [0.2, 0.25) is 0 Å². The highest BCUT2D eigenvalue weighted by atomic mass is 79.9. The Morgan fingerprint density at radius 2 is 2.13 bits per heavy atom. The molecule has 82 valence electrons. The molecule has 0 saturated heterocycles. The van der Waals surface area contributed by atoms with Crippen LogP contribution in [0.3, 0.4) is 0 Å². The first-order valence-electron chi connectivity index (χ1n) is 4.84. The van der Waals surface area contributed by atoms with Gasteiger partial charge in [-0.3, -0.25) is 0 Å². The molecular formula is C11H14BrNO2. The standard InChI is InChI=1S/C11H14BrNO2/c1-11(2)10(14)9(13)7-5-6(12)3-4-8(7)15-11/h3-5,9-10,14H,13H2,1-2H3. The molecule has 1 aliphatic heterocycles. The van der Waals surface area contributed by atoms with Crippen LogP contribution in [0.2, 0.25) is 0 Å². The predicted octanol–water partition coefficient (Wildman–Crippen LogP) is 1.98. The van der Waals surface area contributed by atoms with Crippen molar-refractivity contribution in [3.63, 3.8) is 0 Å². The summed E-state index contributed by atoms with van der Waals surface area (Å²) in [5.41, 5.74) is 6.19. The minimum atomic E-state index is -0.695. The molecule has 0 radical (unpaired) electrons. The fourth-order valence-corrected chi connectivity index (χ4v) is 2.20. The number of fused-ring (bicyclic) bond motifs is 1. The number of aliphatic hydroxyl groups is 1. The average Bonchev–Trinajstić information content (AvgIpc) is 2.16. The molecule has 0 spiro atoms. The lowest BCUT2D eigenvalue weighted by Gasteiger charge is -2.40. The molecule has 0 fully saturated rings. The zero-order chi connectivity index (χ0) is 11.2. The lowest BCUT2D eigenvalue weighted by Crippen LogP contribution is -2.51. The van der Waals surface area contributed by atoms with Crippen LogP contribution in [0, 0.1) is 0 Å². The molecule has 0 aromatic heterocycles. The zero-order valence-electron chi connectivity index (χ0n) is 8.70. The SMILES string of the molecule is CC1(C)Oc2ccc(Br)cc2C(N)C1O. The van der Waals surface area contributed by atoms with Gasteiger partial charge in [-0.2, -0.15) is 0 Å². The van der Waals surface area contributed by atoms with Crippen molar-refractivity contribution >= 4 is 15.9 Å². The maximum Gasteiger partial charge on any atom is 0.131 e. The highest BCUT2D eigenvalue weighted by Crippen LogP contribution is 2.39. The van der Waals surface area contributed by atoms with Crippen LogP contribution in [-0.2, 0) is 0 Å². The minimum Gasteiger partial charge on any atom is -0.485 e. The summed E-state index contributed by atoms with van der Waals surface area (Å²) in [4.78, 5) is 0. The molecule has 0 aliphatic carbocycles. The zero-order valence-corrected chi connectivity index (χ0v) is 10.3. The van der Waals surface area contributed by atoms with Crippen LogP contribution < -0.4 is 10.5 Å². The Hall–Kier alpha value is -0.580. The van der Waals surface area contributed by atoms with Gasteiger partial charge in [-0.25, -0.2) is 0 Å². The number of aliphatic hydroxyl groups excluding tert-OH is 1. The lowest BCUT2D eigenvalue weighted by molar-refractivity contribution is -0.0572. The normalized spacial score (nSPS) is 28.1. The van der Waals surface area contributed by atoms with Gasteiger partial charge in [0.1, 0.15) is 17.5 Å². The van der Waals surface area contributed by atoms with Crippen LogP contribution >= 0.6 is 15.9 Å². The Balaban J connectivity index is 2.50. The fraction of sp³-hybridized carbons (Fsp3) is 0.455. The third kappa shape index (κ3) is 1.77. The molecule has 15 heavy (non-hydrogen) atoms. The molecule has 1 aromatic carbocycles. The third-order valence-corrected chi connectivity index (χ3v) is 3.25. The maximum absolute atomic E-state index is 9.98. The van der Waals surface area contributed by atoms with Crippen LogP contribution in [0.4, 0.5) is 0 Å². The van der Waals surface area contributed by atoms with Crippen molar-refractivity contribution < 1.29 is 9.84 Å². The molecule has 1 heterocycles.